The van der Waals surface area contributed by atoms with Gasteiger partial charge in [-0.25, -0.2) is 9.11 Å². The van der Waals surface area contributed by atoms with Crippen LogP contribution >= 0.6 is 0 Å². The Morgan fingerprint density at radius 1 is 1.29 bits per heavy atom. The number of fused-ring (bicyclic) bond motifs is 1. The number of halogens is 4. The molecule has 2 aliphatic carbocycles. The van der Waals surface area contributed by atoms with Crippen LogP contribution in [-0.2, 0) is 19.7 Å². The van der Waals surface area contributed by atoms with E-state index in [2.05, 4.69) is 10.1 Å². The third-order valence-corrected chi connectivity index (χ3v) is 7.18. The highest BCUT2D eigenvalue weighted by atomic mass is 32.2. The standard InChI is InChI=1S/C15H23F4N3O5S/c16-13-10-6-9(20-3-4-27-15(17,18)19)2-1-8(10)5-11(23)14(13)22-7-12(24)21-28(22,25)26/h8-11,13-14,20,23H,1-7H2,(H,21,24). The van der Waals surface area contributed by atoms with Crippen LogP contribution in [0.5, 0.6) is 0 Å². The van der Waals surface area contributed by atoms with Crippen molar-refractivity contribution in [3.8, 4) is 0 Å². The van der Waals surface area contributed by atoms with Gasteiger partial charge < -0.3 is 10.4 Å². The van der Waals surface area contributed by atoms with Crippen molar-refractivity contribution in [3.05, 3.63) is 0 Å². The SMILES string of the molecule is O=C1CN(C2C(O)CC3CCC(NCCOC(F)(F)F)CC3C2F)S(=O)(=O)N1. The summed E-state index contributed by atoms with van der Waals surface area (Å²) in [5, 5.41) is 13.3. The summed E-state index contributed by atoms with van der Waals surface area (Å²) in [6, 6.07) is -1.60. The van der Waals surface area contributed by atoms with Gasteiger partial charge in [-0.05, 0) is 37.5 Å². The molecule has 3 rings (SSSR count). The number of nitrogens with zero attached hydrogens (tertiary/aromatic N) is 1. The molecule has 0 bridgehead atoms. The number of ether oxygens (including phenoxy) is 1. The molecule has 0 aromatic carbocycles. The van der Waals surface area contributed by atoms with Gasteiger partial charge in [-0.1, -0.05) is 0 Å². The van der Waals surface area contributed by atoms with Crippen LogP contribution in [0.1, 0.15) is 25.7 Å². The maximum atomic E-state index is 15.3. The minimum atomic E-state index is -4.71. The predicted octanol–water partition coefficient (Wildman–Crippen LogP) is 0.0452. The zero-order valence-electron chi connectivity index (χ0n) is 14.9. The number of hydrogen-bond acceptors (Lipinski definition) is 6. The third-order valence-electron chi connectivity index (χ3n) is 5.71. The van der Waals surface area contributed by atoms with E-state index in [1.165, 1.54) is 0 Å². The second-order valence-electron chi connectivity index (χ2n) is 7.50. The molecule has 1 amide bonds. The second-order valence-corrected chi connectivity index (χ2v) is 9.12. The molecule has 3 aliphatic rings. The fourth-order valence-electron chi connectivity index (χ4n) is 4.56. The molecule has 1 aliphatic heterocycles. The van der Waals surface area contributed by atoms with Crippen LogP contribution in [0.2, 0.25) is 0 Å². The molecule has 8 nitrogen and oxygen atoms in total. The van der Waals surface area contributed by atoms with Gasteiger partial charge in [0, 0.05) is 12.6 Å². The van der Waals surface area contributed by atoms with E-state index in [1.807, 2.05) is 0 Å². The molecule has 1 saturated heterocycles. The van der Waals surface area contributed by atoms with Crippen LogP contribution in [0.4, 0.5) is 17.6 Å². The van der Waals surface area contributed by atoms with Gasteiger partial charge in [-0.15, -0.1) is 13.2 Å². The minimum Gasteiger partial charge on any atom is -0.391 e. The Morgan fingerprint density at radius 3 is 2.61 bits per heavy atom. The largest absolute Gasteiger partial charge is 0.522 e. The highest BCUT2D eigenvalue weighted by Crippen LogP contribution is 2.44. The molecule has 0 radical (unpaired) electrons. The van der Waals surface area contributed by atoms with E-state index in [1.54, 1.807) is 4.72 Å². The van der Waals surface area contributed by atoms with E-state index in [9.17, 15) is 31.5 Å². The van der Waals surface area contributed by atoms with Gasteiger partial charge in [0.25, 0.3) is 0 Å². The first-order valence-corrected chi connectivity index (χ1v) is 10.5. The summed E-state index contributed by atoms with van der Waals surface area (Å²) >= 11 is 0. The Kier molecular flexibility index (Phi) is 6.21. The van der Waals surface area contributed by atoms with E-state index in [0.29, 0.717) is 23.6 Å². The molecule has 162 valence electrons. The average Bonchev–Trinajstić information content (AvgIpc) is 2.83. The Labute approximate surface area is 159 Å². The highest BCUT2D eigenvalue weighted by Gasteiger charge is 2.53. The maximum Gasteiger partial charge on any atom is 0.522 e. The summed E-state index contributed by atoms with van der Waals surface area (Å²) in [6.45, 7) is -1.16. The monoisotopic (exact) mass is 433 g/mol. The molecular formula is C15H23F4N3O5S. The van der Waals surface area contributed by atoms with Crippen molar-refractivity contribution in [2.24, 2.45) is 11.8 Å². The van der Waals surface area contributed by atoms with Gasteiger partial charge >= 0.3 is 16.6 Å². The zero-order chi connectivity index (χ0) is 20.7. The maximum absolute atomic E-state index is 15.3. The third kappa shape index (κ3) is 4.75. The summed E-state index contributed by atoms with van der Waals surface area (Å²) in [7, 11) is -4.19. The number of alkyl halides is 4. The lowest BCUT2D eigenvalue weighted by molar-refractivity contribution is -0.323. The van der Waals surface area contributed by atoms with E-state index in [-0.39, 0.29) is 24.9 Å². The van der Waals surface area contributed by atoms with E-state index < -0.39 is 59.9 Å². The van der Waals surface area contributed by atoms with Crippen molar-refractivity contribution in [2.45, 2.75) is 56.4 Å². The topological polar surface area (TPSA) is 108 Å². The second kappa shape index (κ2) is 8.01. The lowest BCUT2D eigenvalue weighted by Gasteiger charge is -2.48. The Balaban J connectivity index is 1.62. The molecule has 13 heteroatoms. The van der Waals surface area contributed by atoms with E-state index >= 15 is 4.39 Å². The van der Waals surface area contributed by atoms with Crippen molar-refractivity contribution in [1.82, 2.24) is 14.3 Å². The Morgan fingerprint density at radius 2 is 2.00 bits per heavy atom. The summed E-state index contributed by atoms with van der Waals surface area (Å²) in [5.74, 6) is -1.50. The van der Waals surface area contributed by atoms with Gasteiger partial charge in [0.2, 0.25) is 5.91 Å². The predicted molar refractivity (Wildman–Crippen MR) is 87.7 cm³/mol. The quantitative estimate of drug-likeness (QED) is 0.418. The van der Waals surface area contributed by atoms with Gasteiger partial charge in [-0.2, -0.15) is 12.7 Å². The molecule has 6 atom stereocenters. The van der Waals surface area contributed by atoms with Gasteiger partial charge in [0.15, 0.2) is 0 Å². The first kappa shape index (κ1) is 21.7. The molecule has 3 N–H and O–H groups in total. The van der Waals surface area contributed by atoms with Gasteiger partial charge in [0.1, 0.15) is 6.17 Å². The molecule has 0 spiro atoms. The molecule has 0 aromatic rings. The van der Waals surface area contributed by atoms with Gasteiger partial charge in [-0.3, -0.25) is 9.53 Å². The highest BCUT2D eigenvalue weighted by molar-refractivity contribution is 7.88. The molecular weight excluding hydrogens is 410 g/mol. The molecule has 2 saturated carbocycles. The summed E-state index contributed by atoms with van der Waals surface area (Å²) in [5.41, 5.74) is 0. The molecule has 28 heavy (non-hydrogen) atoms. The van der Waals surface area contributed by atoms with Crippen LogP contribution in [-0.4, -0.2) is 74.2 Å². The van der Waals surface area contributed by atoms with Crippen molar-refractivity contribution in [1.29, 1.82) is 0 Å². The van der Waals surface area contributed by atoms with E-state index in [0.717, 1.165) is 0 Å². The fourth-order valence-corrected chi connectivity index (χ4v) is 5.89. The first-order chi connectivity index (χ1) is 13.0. The summed E-state index contributed by atoms with van der Waals surface area (Å²) in [4.78, 5) is 11.4. The number of aliphatic hydroxyl groups is 1. The van der Waals surface area contributed by atoms with Crippen LogP contribution in [0.15, 0.2) is 0 Å². The number of carbonyl (C=O) groups excluding carboxylic acids is 1. The van der Waals surface area contributed by atoms with Crippen molar-refractivity contribution in [3.63, 3.8) is 0 Å². The van der Waals surface area contributed by atoms with E-state index in [4.69, 9.17) is 0 Å². The normalized spacial score (nSPS) is 38.8. The Bertz CT molecular complexity index is 692. The lowest BCUT2D eigenvalue weighted by Crippen LogP contribution is -2.59. The van der Waals surface area contributed by atoms with Crippen LogP contribution in [0, 0.1) is 11.8 Å². The first-order valence-electron chi connectivity index (χ1n) is 9.06. The van der Waals surface area contributed by atoms with Gasteiger partial charge in [0.05, 0.1) is 25.3 Å². The van der Waals surface area contributed by atoms with Crippen LogP contribution in [0.25, 0.3) is 0 Å². The van der Waals surface area contributed by atoms with Crippen LogP contribution in [0.3, 0.4) is 0 Å². The number of hydrogen-bond donors (Lipinski definition) is 3. The molecule has 3 fully saturated rings. The smallest absolute Gasteiger partial charge is 0.391 e. The molecule has 1 heterocycles. The number of aliphatic hydroxyl groups excluding tert-OH is 1. The fraction of sp³-hybridized carbons (Fsp3) is 0.933. The van der Waals surface area contributed by atoms with Crippen molar-refractivity contribution >= 4 is 16.1 Å². The summed E-state index contributed by atoms with van der Waals surface area (Å²) < 4.78 is 81.5. The minimum absolute atomic E-state index is 0.0521. The number of rotatable bonds is 5. The Hall–Kier alpha value is -1.02. The zero-order valence-corrected chi connectivity index (χ0v) is 15.7. The van der Waals surface area contributed by atoms with Crippen LogP contribution < -0.4 is 10.0 Å². The molecule has 0 aromatic heterocycles. The van der Waals surface area contributed by atoms with Crippen molar-refractivity contribution < 1.29 is 40.6 Å². The number of amides is 1. The average molecular weight is 433 g/mol. The lowest BCUT2D eigenvalue weighted by atomic mass is 9.66. The number of carbonyl (C=O) groups is 1. The summed E-state index contributed by atoms with van der Waals surface area (Å²) in [6.07, 6.45) is -5.94. The van der Waals surface area contributed by atoms with Crippen molar-refractivity contribution in [2.75, 3.05) is 19.7 Å². The molecule has 6 unspecified atom stereocenters. The number of nitrogens with one attached hydrogen (secondary N) is 2.